The third-order valence-electron chi connectivity index (χ3n) is 6.14. The summed E-state index contributed by atoms with van der Waals surface area (Å²) in [5.41, 5.74) is 0. The molecule has 0 atom stereocenters. The van der Waals surface area contributed by atoms with Crippen molar-refractivity contribution in [2.24, 2.45) is 0 Å². The zero-order valence-corrected chi connectivity index (χ0v) is 24.7. The van der Waals surface area contributed by atoms with E-state index >= 15 is 0 Å². The van der Waals surface area contributed by atoms with E-state index in [1.54, 1.807) is 0 Å². The van der Waals surface area contributed by atoms with Crippen LogP contribution in [0, 0.1) is 0 Å². The van der Waals surface area contributed by atoms with E-state index in [9.17, 15) is 0 Å². The van der Waals surface area contributed by atoms with Crippen LogP contribution in [0.4, 0.5) is 0 Å². The first-order valence-electron chi connectivity index (χ1n) is 11.2. The van der Waals surface area contributed by atoms with Gasteiger partial charge in [0.1, 0.15) is 0 Å². The van der Waals surface area contributed by atoms with Gasteiger partial charge in [-0.25, -0.2) is 0 Å². The molecule has 0 aliphatic heterocycles. The Bertz CT molecular complexity index is 491. The predicted octanol–water partition coefficient (Wildman–Crippen LogP) is 8.74. The molecule has 0 aliphatic rings. The van der Waals surface area contributed by atoms with Crippen LogP contribution in [0.5, 0.6) is 0 Å². The van der Waals surface area contributed by atoms with E-state index in [-0.39, 0.29) is 0 Å². The summed E-state index contributed by atoms with van der Waals surface area (Å²) in [6.45, 7) is 32.7. The summed E-state index contributed by atoms with van der Waals surface area (Å²) in [5.74, 6) is 0. The van der Waals surface area contributed by atoms with Crippen molar-refractivity contribution in [2.45, 2.75) is 54.4 Å². The molecule has 0 bridgehead atoms. The standard InChI is InChI=1S/C27H45AsSi3/c1-10-19-29(20-11-2,21-12-3)28(30(22-13-4,23-14-5)24-15-6)31(25-16-7,26-17-8)27-18-9/h10-18H,1-9,19-27H2. The summed E-state index contributed by atoms with van der Waals surface area (Å²) in [7, 11) is 0. The van der Waals surface area contributed by atoms with E-state index in [0.717, 1.165) is 54.4 Å². The Morgan fingerprint density at radius 1 is 0.323 bits per heavy atom. The second kappa shape index (κ2) is 15.6. The number of hydrogen-bond donors (Lipinski definition) is 0. The van der Waals surface area contributed by atoms with E-state index in [4.69, 9.17) is 0 Å². The topological polar surface area (TPSA) is 0 Å². The van der Waals surface area contributed by atoms with Gasteiger partial charge in [-0.15, -0.1) is 0 Å². The molecule has 0 rings (SSSR count). The minimum absolute atomic E-state index is 1.14. The van der Waals surface area contributed by atoms with Gasteiger partial charge in [-0.1, -0.05) is 0 Å². The zero-order valence-electron chi connectivity index (χ0n) is 19.9. The summed E-state index contributed by atoms with van der Waals surface area (Å²) in [4.78, 5) is 0. The van der Waals surface area contributed by atoms with Gasteiger partial charge < -0.3 is 0 Å². The van der Waals surface area contributed by atoms with Crippen LogP contribution in [0.2, 0.25) is 54.4 Å². The Hall–Kier alpha value is -1.13. The first kappa shape index (κ1) is 29.9. The summed E-state index contributed by atoms with van der Waals surface area (Å²) in [5, 5.41) is 0. The van der Waals surface area contributed by atoms with Crippen molar-refractivity contribution in [1.82, 2.24) is 0 Å². The van der Waals surface area contributed by atoms with Crippen molar-refractivity contribution in [1.29, 1.82) is 0 Å². The van der Waals surface area contributed by atoms with Crippen LogP contribution in [0.25, 0.3) is 0 Å². The van der Waals surface area contributed by atoms with Crippen molar-refractivity contribution in [3.8, 4) is 0 Å². The van der Waals surface area contributed by atoms with Gasteiger partial charge in [0, 0.05) is 0 Å². The third-order valence-corrected chi connectivity index (χ3v) is 91.0. The molecular formula is C27H45AsSi3. The average molecular weight is 529 g/mol. The van der Waals surface area contributed by atoms with E-state index in [2.05, 4.69) is 114 Å². The molecule has 0 spiro atoms. The fourth-order valence-corrected chi connectivity index (χ4v) is 126. The molecule has 0 radical (unpaired) electrons. The van der Waals surface area contributed by atoms with Gasteiger partial charge in [-0.3, -0.25) is 0 Å². The van der Waals surface area contributed by atoms with Gasteiger partial charge in [0.25, 0.3) is 0 Å². The van der Waals surface area contributed by atoms with Crippen LogP contribution in [0.3, 0.4) is 0 Å². The molecule has 0 aromatic carbocycles. The molecule has 31 heavy (non-hydrogen) atoms. The quantitative estimate of drug-likeness (QED) is 0.103. The van der Waals surface area contributed by atoms with E-state index in [0.29, 0.717) is 0 Å². The first-order valence-corrected chi connectivity index (χ1v) is 27.4. The summed E-state index contributed by atoms with van der Waals surface area (Å²) in [6.07, 6.45) is 19.8. The van der Waals surface area contributed by atoms with Gasteiger partial charge in [-0.05, 0) is 0 Å². The fraction of sp³-hybridized carbons (Fsp3) is 0.333. The van der Waals surface area contributed by atoms with Crippen LogP contribution in [-0.4, -0.2) is 32.3 Å². The minimum atomic E-state index is -1.79. The van der Waals surface area contributed by atoms with Crippen LogP contribution in [0.1, 0.15) is 0 Å². The number of hydrogen-bond acceptors (Lipinski definition) is 0. The molecule has 0 N–H and O–H groups in total. The molecule has 0 saturated carbocycles. The fourth-order valence-electron chi connectivity index (χ4n) is 5.50. The molecule has 0 aromatic rings. The van der Waals surface area contributed by atoms with E-state index in [1.165, 1.54) is 0 Å². The van der Waals surface area contributed by atoms with Crippen molar-refractivity contribution >= 4 is 32.3 Å². The first-order chi connectivity index (χ1) is 14.9. The molecular weight excluding hydrogens is 483 g/mol. The summed E-state index contributed by atoms with van der Waals surface area (Å²) < 4.78 is 0. The van der Waals surface area contributed by atoms with Gasteiger partial charge >= 0.3 is 201 Å². The molecule has 170 valence electrons. The van der Waals surface area contributed by atoms with Crippen LogP contribution in [-0.2, 0) is 0 Å². The predicted molar refractivity (Wildman–Crippen MR) is 158 cm³/mol. The van der Waals surface area contributed by atoms with Gasteiger partial charge in [0.2, 0.25) is 0 Å². The third kappa shape index (κ3) is 7.46. The maximum absolute atomic E-state index is 4.23. The van der Waals surface area contributed by atoms with Gasteiger partial charge in [0.15, 0.2) is 0 Å². The van der Waals surface area contributed by atoms with E-state index in [1.807, 2.05) is 0 Å². The van der Waals surface area contributed by atoms with Crippen LogP contribution < -0.4 is 0 Å². The molecule has 4 heteroatoms. The SMILES string of the molecule is C=CC[Si](CC=C)(CC=C)[As]([Si](CC=C)(CC=C)CC=C)[Si](CC=C)(CC=C)CC=C. The molecule has 0 fully saturated rings. The Balaban J connectivity index is 7.61. The molecule has 0 amide bonds. The Morgan fingerprint density at radius 3 is 0.548 bits per heavy atom. The second-order valence-electron chi connectivity index (χ2n) is 8.44. The Labute approximate surface area is 199 Å². The van der Waals surface area contributed by atoms with Crippen LogP contribution >= 0.6 is 0 Å². The van der Waals surface area contributed by atoms with Crippen molar-refractivity contribution < 1.29 is 0 Å². The zero-order chi connectivity index (χ0) is 23.8. The number of rotatable bonds is 21. The Kier molecular flexibility index (Phi) is 15.1. The van der Waals surface area contributed by atoms with E-state index < -0.39 is 32.3 Å². The average Bonchev–Trinajstić information content (AvgIpc) is 2.70. The molecule has 0 heterocycles. The van der Waals surface area contributed by atoms with Crippen molar-refractivity contribution in [3.05, 3.63) is 114 Å². The van der Waals surface area contributed by atoms with Crippen molar-refractivity contribution in [3.63, 3.8) is 0 Å². The summed E-state index contributed by atoms with van der Waals surface area (Å²) in [6, 6.07) is 10.3. The monoisotopic (exact) mass is 528 g/mol. The Morgan fingerprint density at radius 2 is 0.452 bits per heavy atom. The summed E-state index contributed by atoms with van der Waals surface area (Å²) >= 11 is -1.47. The van der Waals surface area contributed by atoms with Gasteiger partial charge in [0.05, 0.1) is 0 Å². The molecule has 0 unspecified atom stereocenters. The molecule has 0 nitrogen and oxygen atoms in total. The number of allylic oxidation sites excluding steroid dienone is 9. The van der Waals surface area contributed by atoms with Gasteiger partial charge in [-0.2, -0.15) is 0 Å². The van der Waals surface area contributed by atoms with Crippen LogP contribution in [0.15, 0.2) is 114 Å². The molecule has 0 aliphatic carbocycles. The van der Waals surface area contributed by atoms with Crippen molar-refractivity contribution in [2.75, 3.05) is 0 Å². The second-order valence-corrected chi connectivity index (χ2v) is 52.7. The normalized spacial score (nSPS) is 11.9. The molecule has 0 saturated heterocycles. The molecule has 0 aromatic heterocycles. The maximum atomic E-state index is 4.23.